The van der Waals surface area contributed by atoms with Gasteiger partial charge in [0.1, 0.15) is 5.03 Å². The number of fused-ring (bicyclic) bond motifs is 1. The van der Waals surface area contributed by atoms with Crippen LogP contribution in [0.2, 0.25) is 5.02 Å². The molecule has 0 aliphatic rings. The summed E-state index contributed by atoms with van der Waals surface area (Å²) in [7, 11) is 3.36. The Bertz CT molecular complexity index is 1010. The second-order valence-electron chi connectivity index (χ2n) is 5.32. The van der Waals surface area contributed by atoms with Crippen molar-refractivity contribution in [3.05, 3.63) is 50.5 Å². The highest BCUT2D eigenvalue weighted by atomic mass is 35.5. The van der Waals surface area contributed by atoms with Crippen LogP contribution in [0, 0.1) is 0 Å². The van der Waals surface area contributed by atoms with Gasteiger partial charge in [-0.15, -0.1) is 11.8 Å². The first kappa shape index (κ1) is 16.8. The van der Waals surface area contributed by atoms with Crippen LogP contribution in [0.25, 0.3) is 11.2 Å². The average Bonchev–Trinajstić information content (AvgIpc) is 2.95. The lowest BCUT2D eigenvalue weighted by Crippen LogP contribution is -2.39. The largest absolute Gasteiger partial charge is 0.332 e. The number of halogens is 1. The quantitative estimate of drug-likeness (QED) is 0.508. The number of hydrogen-bond acceptors (Lipinski definition) is 5. The smallest absolute Gasteiger partial charge is 0.328 e. The molecule has 0 atom stereocenters. The number of hydrogen-bond donors (Lipinski definition) is 0. The Labute approximate surface area is 146 Å². The molecule has 3 aromatic heterocycles. The van der Waals surface area contributed by atoms with Gasteiger partial charge in [0.25, 0.3) is 5.56 Å². The van der Waals surface area contributed by atoms with Crippen molar-refractivity contribution < 1.29 is 0 Å². The van der Waals surface area contributed by atoms with Crippen molar-refractivity contribution in [1.29, 1.82) is 0 Å². The van der Waals surface area contributed by atoms with E-state index in [4.69, 9.17) is 11.6 Å². The molecule has 0 aromatic carbocycles. The summed E-state index contributed by atoms with van der Waals surface area (Å²) in [5.41, 5.74) is 0.164. The molecule has 3 heterocycles. The third-order valence-electron chi connectivity index (χ3n) is 3.69. The third kappa shape index (κ3) is 2.99. The summed E-state index contributed by atoms with van der Waals surface area (Å²) in [6.45, 7) is 0.337. The van der Waals surface area contributed by atoms with Crippen LogP contribution >= 0.6 is 23.4 Å². The lowest BCUT2D eigenvalue weighted by molar-refractivity contribution is 0.594. The minimum Gasteiger partial charge on any atom is -0.328 e. The van der Waals surface area contributed by atoms with E-state index in [1.807, 2.05) is 0 Å². The SMILES string of the molecule is Cn1cnc2c1c(=O)n(CCCSc1ncccc1Cl)c(=O)n2C. The molecule has 0 saturated heterocycles. The predicted octanol–water partition coefficient (Wildman–Crippen LogP) is 1.66. The number of nitrogens with zero attached hydrogens (tertiary/aromatic N) is 5. The van der Waals surface area contributed by atoms with Gasteiger partial charge in [0.05, 0.1) is 11.3 Å². The molecule has 0 radical (unpaired) electrons. The molecule has 0 N–H and O–H groups in total. The van der Waals surface area contributed by atoms with E-state index in [1.54, 1.807) is 37.0 Å². The number of thioether (sulfide) groups is 1. The highest BCUT2D eigenvalue weighted by Gasteiger charge is 2.14. The Morgan fingerprint density at radius 1 is 1.25 bits per heavy atom. The van der Waals surface area contributed by atoms with Crippen LogP contribution in [0.1, 0.15) is 6.42 Å². The highest BCUT2D eigenvalue weighted by Crippen LogP contribution is 2.24. The van der Waals surface area contributed by atoms with Crippen LogP contribution in [0.4, 0.5) is 0 Å². The van der Waals surface area contributed by atoms with Gasteiger partial charge >= 0.3 is 5.69 Å². The molecule has 0 saturated carbocycles. The van der Waals surface area contributed by atoms with Crippen molar-refractivity contribution in [3.8, 4) is 0 Å². The van der Waals surface area contributed by atoms with E-state index < -0.39 is 0 Å². The fourth-order valence-corrected chi connectivity index (χ4v) is 3.56. The van der Waals surface area contributed by atoms with Crippen LogP contribution in [0.15, 0.2) is 39.3 Å². The molecule has 3 rings (SSSR count). The van der Waals surface area contributed by atoms with Crippen molar-refractivity contribution in [1.82, 2.24) is 23.7 Å². The lowest BCUT2D eigenvalue weighted by Gasteiger charge is -2.08. The Kier molecular flexibility index (Phi) is 4.77. The maximum absolute atomic E-state index is 12.6. The fourth-order valence-electron chi connectivity index (χ4n) is 2.46. The zero-order chi connectivity index (χ0) is 17.3. The van der Waals surface area contributed by atoms with E-state index >= 15 is 0 Å². The van der Waals surface area contributed by atoms with E-state index in [9.17, 15) is 9.59 Å². The number of imidazole rings is 1. The number of rotatable bonds is 5. The second kappa shape index (κ2) is 6.82. The summed E-state index contributed by atoms with van der Waals surface area (Å²) < 4.78 is 4.29. The van der Waals surface area contributed by atoms with Crippen molar-refractivity contribution in [2.24, 2.45) is 14.1 Å². The van der Waals surface area contributed by atoms with Crippen LogP contribution < -0.4 is 11.2 Å². The van der Waals surface area contributed by atoms with Gasteiger partial charge in [-0.1, -0.05) is 11.6 Å². The maximum atomic E-state index is 12.6. The molecule has 7 nitrogen and oxygen atoms in total. The van der Waals surface area contributed by atoms with Gasteiger partial charge in [-0.05, 0) is 18.6 Å². The van der Waals surface area contributed by atoms with E-state index in [0.29, 0.717) is 34.9 Å². The minimum atomic E-state index is -0.355. The summed E-state index contributed by atoms with van der Waals surface area (Å²) in [6.07, 6.45) is 3.87. The Morgan fingerprint density at radius 2 is 2.04 bits per heavy atom. The highest BCUT2D eigenvalue weighted by molar-refractivity contribution is 7.99. The Balaban J connectivity index is 1.79. The standard InChI is InChI=1S/C15H16ClN5O2S/c1-19-9-18-12-11(19)14(22)21(15(23)20(12)2)7-4-8-24-13-10(16)5-3-6-17-13/h3,5-6,9H,4,7-8H2,1-2H3. The minimum absolute atomic E-state index is 0.311. The summed E-state index contributed by atoms with van der Waals surface area (Å²) in [6, 6.07) is 3.56. The topological polar surface area (TPSA) is 74.7 Å². The molecule has 24 heavy (non-hydrogen) atoms. The molecular weight excluding hydrogens is 350 g/mol. The monoisotopic (exact) mass is 365 g/mol. The van der Waals surface area contributed by atoms with E-state index in [1.165, 1.54) is 27.2 Å². The third-order valence-corrected chi connectivity index (χ3v) is 5.20. The van der Waals surface area contributed by atoms with Gasteiger partial charge in [-0.2, -0.15) is 0 Å². The summed E-state index contributed by atoms with van der Waals surface area (Å²) >= 11 is 7.57. The summed E-state index contributed by atoms with van der Waals surface area (Å²) in [4.78, 5) is 33.2. The van der Waals surface area contributed by atoms with Gasteiger partial charge in [-0.3, -0.25) is 13.9 Å². The van der Waals surface area contributed by atoms with Crippen LogP contribution in [-0.4, -0.2) is 29.4 Å². The first-order chi connectivity index (χ1) is 11.5. The molecular formula is C15H16ClN5O2S. The Morgan fingerprint density at radius 3 is 2.79 bits per heavy atom. The van der Waals surface area contributed by atoms with E-state index in [-0.39, 0.29) is 11.2 Å². The first-order valence-electron chi connectivity index (χ1n) is 7.35. The van der Waals surface area contributed by atoms with Gasteiger partial charge in [0.2, 0.25) is 0 Å². The number of aryl methyl sites for hydroxylation is 2. The number of aromatic nitrogens is 5. The average molecular weight is 366 g/mol. The van der Waals surface area contributed by atoms with E-state index in [0.717, 1.165) is 5.03 Å². The molecule has 126 valence electrons. The molecule has 0 fully saturated rings. The summed E-state index contributed by atoms with van der Waals surface area (Å²) in [5.74, 6) is 0.704. The van der Waals surface area contributed by atoms with Crippen LogP contribution in [0.3, 0.4) is 0 Å². The van der Waals surface area contributed by atoms with Crippen molar-refractivity contribution in [3.63, 3.8) is 0 Å². The molecule has 9 heteroatoms. The second-order valence-corrected chi connectivity index (χ2v) is 6.81. The zero-order valence-electron chi connectivity index (χ0n) is 13.3. The van der Waals surface area contributed by atoms with E-state index in [2.05, 4.69) is 9.97 Å². The van der Waals surface area contributed by atoms with Crippen molar-refractivity contribution >= 4 is 34.5 Å². The maximum Gasteiger partial charge on any atom is 0.332 e. The molecule has 0 unspecified atom stereocenters. The molecule has 0 aliphatic heterocycles. The van der Waals surface area contributed by atoms with Crippen molar-refractivity contribution in [2.45, 2.75) is 18.0 Å². The van der Waals surface area contributed by atoms with Crippen LogP contribution in [-0.2, 0) is 20.6 Å². The summed E-state index contributed by atoms with van der Waals surface area (Å²) in [5, 5.41) is 1.35. The molecule has 0 bridgehead atoms. The van der Waals surface area contributed by atoms with Crippen molar-refractivity contribution in [2.75, 3.05) is 5.75 Å². The Hall–Kier alpha value is -2.06. The van der Waals surface area contributed by atoms with Gasteiger partial charge in [0, 0.05) is 32.6 Å². The molecule has 0 aliphatic carbocycles. The number of pyridine rings is 1. The molecule has 0 amide bonds. The fraction of sp³-hybridized carbons (Fsp3) is 0.333. The normalized spacial score (nSPS) is 11.3. The molecule has 3 aromatic rings. The van der Waals surface area contributed by atoms with Crippen LogP contribution in [0.5, 0.6) is 0 Å². The lowest BCUT2D eigenvalue weighted by atomic mass is 10.4. The van der Waals surface area contributed by atoms with Gasteiger partial charge < -0.3 is 4.57 Å². The zero-order valence-corrected chi connectivity index (χ0v) is 14.8. The van der Waals surface area contributed by atoms with Gasteiger partial charge in [-0.25, -0.2) is 14.8 Å². The molecule has 0 spiro atoms. The predicted molar refractivity (Wildman–Crippen MR) is 94.8 cm³/mol. The first-order valence-corrected chi connectivity index (χ1v) is 8.71. The van der Waals surface area contributed by atoms with Gasteiger partial charge in [0.15, 0.2) is 11.2 Å².